The zero-order valence-electron chi connectivity index (χ0n) is 7.30. The summed E-state index contributed by atoms with van der Waals surface area (Å²) >= 11 is 3.01. The van der Waals surface area contributed by atoms with E-state index in [2.05, 4.69) is 25.7 Å². The van der Waals surface area contributed by atoms with Crippen molar-refractivity contribution in [3.8, 4) is 5.88 Å². The van der Waals surface area contributed by atoms with Crippen molar-refractivity contribution >= 4 is 15.9 Å². The molecule has 0 spiro atoms. The van der Waals surface area contributed by atoms with Gasteiger partial charge in [-0.25, -0.2) is 4.98 Å². The second-order valence-corrected chi connectivity index (χ2v) is 3.49. The number of hydrogen-bond donors (Lipinski definition) is 1. The fourth-order valence-electron chi connectivity index (χ4n) is 0.937. The number of aliphatic hydroxyl groups is 1. The third-order valence-corrected chi connectivity index (χ3v) is 2.04. The highest BCUT2D eigenvalue weighted by Crippen LogP contribution is 2.34. The normalized spacial score (nSPS) is 11.5. The molecule has 3 nitrogen and oxygen atoms in total. The number of aliphatic hydroxyl groups excluding tert-OH is 1. The molecule has 1 aromatic rings. The SMILES string of the molecule is COc1ncc(Br)cc1C(F)(F)CO. The van der Waals surface area contributed by atoms with Gasteiger partial charge in [0.05, 0.1) is 12.7 Å². The highest BCUT2D eigenvalue weighted by atomic mass is 79.9. The number of nitrogens with zero attached hydrogens (tertiary/aromatic N) is 1. The van der Waals surface area contributed by atoms with Gasteiger partial charge in [0.25, 0.3) is 0 Å². The van der Waals surface area contributed by atoms with Crippen LogP contribution in [-0.2, 0) is 5.92 Å². The minimum atomic E-state index is -3.35. The fourth-order valence-corrected chi connectivity index (χ4v) is 1.27. The number of alkyl halides is 2. The van der Waals surface area contributed by atoms with E-state index in [1.54, 1.807) is 0 Å². The molecule has 1 aromatic heterocycles. The lowest BCUT2D eigenvalue weighted by molar-refractivity contribution is -0.0575. The van der Waals surface area contributed by atoms with Crippen LogP contribution in [0.25, 0.3) is 0 Å². The average Bonchev–Trinajstić information content (AvgIpc) is 2.18. The number of rotatable bonds is 3. The lowest BCUT2D eigenvalue weighted by Crippen LogP contribution is -2.20. The number of methoxy groups -OCH3 is 1. The maximum absolute atomic E-state index is 13.1. The molecule has 0 atom stereocenters. The monoisotopic (exact) mass is 267 g/mol. The molecule has 0 saturated heterocycles. The van der Waals surface area contributed by atoms with Crippen LogP contribution in [0.4, 0.5) is 8.78 Å². The van der Waals surface area contributed by atoms with Crippen LogP contribution in [0.15, 0.2) is 16.7 Å². The Morgan fingerprint density at radius 1 is 1.64 bits per heavy atom. The molecule has 78 valence electrons. The van der Waals surface area contributed by atoms with E-state index in [0.29, 0.717) is 4.47 Å². The summed E-state index contributed by atoms with van der Waals surface area (Å²) in [4.78, 5) is 3.65. The van der Waals surface area contributed by atoms with Gasteiger partial charge < -0.3 is 9.84 Å². The molecule has 1 N–H and O–H groups in total. The van der Waals surface area contributed by atoms with Crippen molar-refractivity contribution in [2.45, 2.75) is 5.92 Å². The second kappa shape index (κ2) is 4.18. The van der Waals surface area contributed by atoms with E-state index in [9.17, 15) is 8.78 Å². The molecule has 6 heteroatoms. The topological polar surface area (TPSA) is 42.4 Å². The zero-order valence-corrected chi connectivity index (χ0v) is 8.88. The smallest absolute Gasteiger partial charge is 0.301 e. The fraction of sp³-hybridized carbons (Fsp3) is 0.375. The van der Waals surface area contributed by atoms with Gasteiger partial charge in [0, 0.05) is 10.7 Å². The Bertz CT molecular complexity index is 333. The molecule has 0 saturated carbocycles. The number of halogens is 3. The highest BCUT2D eigenvalue weighted by molar-refractivity contribution is 9.10. The van der Waals surface area contributed by atoms with E-state index in [4.69, 9.17) is 5.11 Å². The van der Waals surface area contributed by atoms with Crippen molar-refractivity contribution in [1.29, 1.82) is 0 Å². The predicted molar refractivity (Wildman–Crippen MR) is 49.5 cm³/mol. The highest BCUT2D eigenvalue weighted by Gasteiger charge is 2.34. The van der Waals surface area contributed by atoms with Crippen molar-refractivity contribution in [2.75, 3.05) is 13.7 Å². The van der Waals surface area contributed by atoms with Crippen LogP contribution in [-0.4, -0.2) is 23.8 Å². The lowest BCUT2D eigenvalue weighted by atomic mass is 10.1. The van der Waals surface area contributed by atoms with Gasteiger partial charge in [-0.15, -0.1) is 0 Å². The summed E-state index contributed by atoms with van der Waals surface area (Å²) in [6, 6.07) is 1.17. The minimum Gasteiger partial charge on any atom is -0.481 e. The van der Waals surface area contributed by atoms with Gasteiger partial charge in [0.15, 0.2) is 0 Å². The molecule has 0 aliphatic rings. The van der Waals surface area contributed by atoms with Gasteiger partial charge in [-0.1, -0.05) is 0 Å². The van der Waals surface area contributed by atoms with Gasteiger partial charge in [0.1, 0.15) is 6.61 Å². The van der Waals surface area contributed by atoms with E-state index in [1.165, 1.54) is 19.4 Å². The Balaban J connectivity index is 3.23. The Morgan fingerprint density at radius 2 is 2.29 bits per heavy atom. The summed E-state index contributed by atoms with van der Waals surface area (Å²) in [6.07, 6.45) is 1.34. The molecule has 0 fully saturated rings. The molecule has 0 amide bonds. The maximum Gasteiger partial charge on any atom is 0.301 e. The first-order valence-corrected chi connectivity index (χ1v) is 4.49. The summed E-state index contributed by atoms with van der Waals surface area (Å²) < 4.78 is 31.3. The zero-order chi connectivity index (χ0) is 10.8. The van der Waals surface area contributed by atoms with Gasteiger partial charge in [0.2, 0.25) is 5.88 Å². The molecule has 0 aromatic carbocycles. The molecule has 14 heavy (non-hydrogen) atoms. The van der Waals surface area contributed by atoms with Crippen LogP contribution in [0.3, 0.4) is 0 Å². The van der Waals surface area contributed by atoms with Crippen molar-refractivity contribution in [3.63, 3.8) is 0 Å². The Labute approximate surface area is 87.9 Å². The lowest BCUT2D eigenvalue weighted by Gasteiger charge is -2.15. The first-order valence-electron chi connectivity index (χ1n) is 3.70. The Kier molecular flexibility index (Phi) is 3.38. The van der Waals surface area contributed by atoms with E-state index in [1.807, 2.05) is 0 Å². The quantitative estimate of drug-likeness (QED) is 0.910. The molecule has 0 unspecified atom stereocenters. The number of aromatic nitrogens is 1. The minimum absolute atomic E-state index is 0.188. The van der Waals surface area contributed by atoms with Crippen LogP contribution in [0.1, 0.15) is 5.56 Å². The van der Waals surface area contributed by atoms with Crippen LogP contribution >= 0.6 is 15.9 Å². The van der Waals surface area contributed by atoms with Crippen LogP contribution in [0, 0.1) is 0 Å². The largest absolute Gasteiger partial charge is 0.481 e. The van der Waals surface area contributed by atoms with Crippen LogP contribution in [0.5, 0.6) is 5.88 Å². The van der Waals surface area contributed by atoms with Gasteiger partial charge >= 0.3 is 5.92 Å². The number of ether oxygens (including phenoxy) is 1. The predicted octanol–water partition coefficient (Wildman–Crippen LogP) is 1.94. The Morgan fingerprint density at radius 3 is 2.79 bits per heavy atom. The molecule has 0 radical (unpaired) electrons. The van der Waals surface area contributed by atoms with Crippen molar-refractivity contribution in [1.82, 2.24) is 4.98 Å². The van der Waals surface area contributed by atoms with E-state index >= 15 is 0 Å². The summed E-state index contributed by atoms with van der Waals surface area (Å²) in [7, 11) is 1.24. The molecule has 1 heterocycles. The summed E-state index contributed by atoms with van der Waals surface area (Å²) in [5, 5.41) is 8.51. The first kappa shape index (κ1) is 11.3. The number of hydrogen-bond acceptors (Lipinski definition) is 3. The van der Waals surface area contributed by atoms with Crippen molar-refractivity contribution in [2.24, 2.45) is 0 Å². The number of pyridine rings is 1. The third kappa shape index (κ3) is 2.19. The van der Waals surface area contributed by atoms with Crippen LogP contribution < -0.4 is 4.74 Å². The van der Waals surface area contributed by atoms with Gasteiger partial charge in [-0.05, 0) is 22.0 Å². The van der Waals surface area contributed by atoms with E-state index in [0.717, 1.165) is 0 Å². The Hall–Kier alpha value is -0.750. The van der Waals surface area contributed by atoms with Crippen molar-refractivity contribution < 1.29 is 18.6 Å². The molecule has 1 rings (SSSR count). The van der Waals surface area contributed by atoms with Crippen molar-refractivity contribution in [3.05, 3.63) is 22.3 Å². The standard InChI is InChI=1S/C8H8BrF2NO2/c1-14-7-6(8(10,11)4-13)2-5(9)3-12-7/h2-3,13H,4H2,1H3. The van der Waals surface area contributed by atoms with E-state index in [-0.39, 0.29) is 5.88 Å². The van der Waals surface area contributed by atoms with Gasteiger partial charge in [-0.2, -0.15) is 8.78 Å². The summed E-state index contributed by atoms with van der Waals surface area (Å²) in [5.41, 5.74) is -0.433. The van der Waals surface area contributed by atoms with Crippen LogP contribution in [0.2, 0.25) is 0 Å². The molecule has 0 aliphatic heterocycles. The van der Waals surface area contributed by atoms with E-state index < -0.39 is 18.1 Å². The molecular formula is C8H8BrF2NO2. The van der Waals surface area contributed by atoms with Gasteiger partial charge in [-0.3, -0.25) is 0 Å². The molecule has 0 aliphatic carbocycles. The third-order valence-electron chi connectivity index (χ3n) is 1.60. The second-order valence-electron chi connectivity index (χ2n) is 2.57. The molecular weight excluding hydrogens is 260 g/mol. The first-order chi connectivity index (χ1) is 6.51. The maximum atomic E-state index is 13.1. The molecule has 0 bridgehead atoms. The summed E-state index contributed by atoms with van der Waals surface area (Å²) in [5.74, 6) is -3.53. The average molecular weight is 268 g/mol. The summed E-state index contributed by atoms with van der Waals surface area (Å²) in [6.45, 7) is -1.28.